The summed E-state index contributed by atoms with van der Waals surface area (Å²) in [7, 11) is 0. The molecule has 0 fully saturated rings. The topological polar surface area (TPSA) is 63.2 Å². The number of aryl methyl sites for hydroxylation is 3. The number of hydrogen-bond donors (Lipinski definition) is 0. The van der Waals surface area contributed by atoms with Crippen LogP contribution in [0.15, 0.2) is 28.7 Å². The minimum absolute atomic E-state index is 0.0636. The van der Waals surface area contributed by atoms with Gasteiger partial charge in [-0.2, -0.15) is 5.26 Å². The Bertz CT molecular complexity index is 699. The Kier molecular flexibility index (Phi) is 5.00. The molecule has 0 saturated heterocycles. The number of nitrogens with zero attached hydrogens (tertiary/aromatic N) is 1. The lowest BCUT2D eigenvalue weighted by Gasteiger charge is -2.12. The van der Waals surface area contributed by atoms with Crippen molar-refractivity contribution >= 4 is 5.78 Å². The van der Waals surface area contributed by atoms with Crippen molar-refractivity contribution in [3.63, 3.8) is 0 Å². The maximum atomic E-state index is 11.2. The highest BCUT2D eigenvalue weighted by molar-refractivity contribution is 5.91. The SMILES string of the molecule is CC(=O)c1ccc(CCCOc2c(C)cc(C#N)cc2C)o1. The van der Waals surface area contributed by atoms with Gasteiger partial charge >= 0.3 is 0 Å². The first-order valence-electron chi connectivity index (χ1n) is 7.25. The fraction of sp³-hybridized carbons (Fsp3) is 0.333. The second kappa shape index (κ2) is 6.95. The molecule has 0 bridgehead atoms. The molecule has 0 amide bonds. The molecular formula is C18H19NO3. The molecule has 22 heavy (non-hydrogen) atoms. The Labute approximate surface area is 130 Å². The molecule has 1 aromatic carbocycles. The first-order chi connectivity index (χ1) is 10.5. The lowest BCUT2D eigenvalue weighted by atomic mass is 10.1. The third-order valence-electron chi connectivity index (χ3n) is 3.41. The number of carbonyl (C=O) groups excluding carboxylic acids is 1. The van der Waals surface area contributed by atoms with Crippen molar-refractivity contribution in [1.82, 2.24) is 0 Å². The number of carbonyl (C=O) groups is 1. The molecule has 1 aromatic heterocycles. The Balaban J connectivity index is 1.89. The van der Waals surface area contributed by atoms with Crippen molar-refractivity contribution < 1.29 is 13.9 Å². The van der Waals surface area contributed by atoms with Crippen LogP contribution in [-0.2, 0) is 6.42 Å². The first-order valence-corrected chi connectivity index (χ1v) is 7.25. The van der Waals surface area contributed by atoms with Gasteiger partial charge in [0.25, 0.3) is 0 Å². The molecular weight excluding hydrogens is 278 g/mol. The van der Waals surface area contributed by atoms with E-state index in [1.165, 1.54) is 6.92 Å². The maximum absolute atomic E-state index is 11.2. The minimum atomic E-state index is -0.0636. The molecule has 1 heterocycles. The minimum Gasteiger partial charge on any atom is -0.493 e. The predicted octanol–water partition coefficient (Wildman–Crippen LogP) is 3.98. The van der Waals surface area contributed by atoms with Gasteiger partial charge in [0.05, 0.1) is 18.2 Å². The molecule has 2 rings (SSSR count). The van der Waals surface area contributed by atoms with Gasteiger partial charge < -0.3 is 9.15 Å². The summed E-state index contributed by atoms with van der Waals surface area (Å²) in [6.45, 7) is 5.93. The van der Waals surface area contributed by atoms with Crippen molar-refractivity contribution in [3.8, 4) is 11.8 Å². The van der Waals surface area contributed by atoms with Crippen molar-refractivity contribution in [2.45, 2.75) is 33.6 Å². The average molecular weight is 297 g/mol. The monoisotopic (exact) mass is 297 g/mol. The van der Waals surface area contributed by atoms with E-state index in [1.807, 2.05) is 32.0 Å². The lowest BCUT2D eigenvalue weighted by molar-refractivity contribution is 0.0985. The molecule has 0 aliphatic heterocycles. The fourth-order valence-electron chi connectivity index (χ4n) is 2.36. The molecule has 0 N–H and O–H groups in total. The number of rotatable bonds is 6. The molecule has 0 aliphatic rings. The highest BCUT2D eigenvalue weighted by Crippen LogP contribution is 2.24. The Morgan fingerprint density at radius 3 is 2.50 bits per heavy atom. The van der Waals surface area contributed by atoms with E-state index in [9.17, 15) is 4.79 Å². The molecule has 0 spiro atoms. The number of hydrogen-bond acceptors (Lipinski definition) is 4. The van der Waals surface area contributed by atoms with Crippen molar-refractivity contribution in [1.29, 1.82) is 5.26 Å². The van der Waals surface area contributed by atoms with Crippen LogP contribution >= 0.6 is 0 Å². The molecule has 114 valence electrons. The summed E-state index contributed by atoms with van der Waals surface area (Å²) in [5, 5.41) is 8.93. The van der Waals surface area contributed by atoms with E-state index >= 15 is 0 Å². The molecule has 0 saturated carbocycles. The van der Waals surface area contributed by atoms with Gasteiger partial charge in [-0.15, -0.1) is 0 Å². The second-order valence-corrected chi connectivity index (χ2v) is 5.33. The standard InChI is InChI=1S/C18H19NO3/c1-12-9-15(11-19)10-13(2)18(12)21-8-4-5-16-6-7-17(22-16)14(3)20/h6-7,9-10H,4-5,8H2,1-3H3. The van der Waals surface area contributed by atoms with Gasteiger partial charge in [-0.1, -0.05) is 0 Å². The Morgan fingerprint density at radius 1 is 1.27 bits per heavy atom. The largest absolute Gasteiger partial charge is 0.493 e. The van der Waals surface area contributed by atoms with Gasteiger partial charge in [-0.3, -0.25) is 4.79 Å². The zero-order valence-electron chi connectivity index (χ0n) is 13.1. The van der Waals surface area contributed by atoms with E-state index in [4.69, 9.17) is 14.4 Å². The summed E-state index contributed by atoms with van der Waals surface area (Å²) in [5.74, 6) is 1.96. The highest BCUT2D eigenvalue weighted by Gasteiger charge is 2.08. The second-order valence-electron chi connectivity index (χ2n) is 5.33. The zero-order valence-corrected chi connectivity index (χ0v) is 13.1. The molecule has 0 atom stereocenters. The van der Waals surface area contributed by atoms with Crippen LogP contribution < -0.4 is 4.74 Å². The summed E-state index contributed by atoms with van der Waals surface area (Å²) in [6, 6.07) is 9.33. The number of ketones is 1. The summed E-state index contributed by atoms with van der Waals surface area (Å²) < 4.78 is 11.3. The van der Waals surface area contributed by atoms with Crippen LogP contribution in [0.3, 0.4) is 0 Å². The zero-order chi connectivity index (χ0) is 16.1. The Morgan fingerprint density at radius 2 is 1.95 bits per heavy atom. The van der Waals surface area contributed by atoms with E-state index in [0.717, 1.165) is 35.5 Å². The quantitative estimate of drug-likeness (QED) is 0.597. The summed E-state index contributed by atoms with van der Waals surface area (Å²) in [4.78, 5) is 11.2. The normalized spacial score (nSPS) is 10.3. The van der Waals surface area contributed by atoms with Crippen molar-refractivity contribution in [3.05, 3.63) is 52.5 Å². The van der Waals surface area contributed by atoms with Gasteiger partial charge in [0, 0.05) is 13.3 Å². The molecule has 2 aromatic rings. The number of furan rings is 1. The maximum Gasteiger partial charge on any atom is 0.194 e. The summed E-state index contributed by atoms with van der Waals surface area (Å²) in [6.07, 6.45) is 1.52. The third kappa shape index (κ3) is 3.76. The summed E-state index contributed by atoms with van der Waals surface area (Å²) >= 11 is 0. The van der Waals surface area contributed by atoms with Gasteiger partial charge in [0.2, 0.25) is 0 Å². The fourth-order valence-corrected chi connectivity index (χ4v) is 2.36. The third-order valence-corrected chi connectivity index (χ3v) is 3.41. The average Bonchev–Trinajstić information content (AvgIpc) is 2.94. The molecule has 0 aliphatic carbocycles. The van der Waals surface area contributed by atoms with Crippen molar-refractivity contribution in [2.75, 3.05) is 6.61 Å². The van der Waals surface area contributed by atoms with Crippen molar-refractivity contribution in [2.24, 2.45) is 0 Å². The van der Waals surface area contributed by atoms with Gasteiger partial charge in [0.1, 0.15) is 11.5 Å². The molecule has 4 nitrogen and oxygen atoms in total. The number of ether oxygens (including phenoxy) is 1. The number of nitriles is 1. The van der Waals surface area contributed by atoms with E-state index < -0.39 is 0 Å². The lowest BCUT2D eigenvalue weighted by Crippen LogP contribution is -2.02. The van der Waals surface area contributed by atoms with E-state index in [2.05, 4.69) is 6.07 Å². The Hall–Kier alpha value is -2.54. The molecule has 4 heteroatoms. The van der Waals surface area contributed by atoms with Crippen LogP contribution in [0.1, 0.15) is 46.3 Å². The van der Waals surface area contributed by atoms with Crippen LogP contribution in [-0.4, -0.2) is 12.4 Å². The number of benzene rings is 1. The highest BCUT2D eigenvalue weighted by atomic mass is 16.5. The number of Topliss-reactive ketones (excluding diaryl/α,β-unsaturated/α-hetero) is 1. The summed E-state index contributed by atoms with van der Waals surface area (Å²) in [5.41, 5.74) is 2.58. The van der Waals surface area contributed by atoms with E-state index in [0.29, 0.717) is 17.9 Å². The van der Waals surface area contributed by atoms with Crippen LogP contribution in [0.25, 0.3) is 0 Å². The molecule has 0 unspecified atom stereocenters. The smallest absolute Gasteiger partial charge is 0.194 e. The van der Waals surface area contributed by atoms with Gasteiger partial charge in [-0.25, -0.2) is 0 Å². The molecule has 0 radical (unpaired) electrons. The van der Waals surface area contributed by atoms with Crippen LogP contribution in [0.4, 0.5) is 0 Å². The van der Waals surface area contributed by atoms with Crippen LogP contribution in [0.2, 0.25) is 0 Å². The predicted molar refractivity (Wildman–Crippen MR) is 83.2 cm³/mol. The van der Waals surface area contributed by atoms with Crippen LogP contribution in [0, 0.1) is 25.2 Å². The van der Waals surface area contributed by atoms with Gasteiger partial charge in [-0.05, 0) is 55.7 Å². The van der Waals surface area contributed by atoms with E-state index in [-0.39, 0.29) is 5.78 Å². The van der Waals surface area contributed by atoms with E-state index in [1.54, 1.807) is 6.07 Å². The van der Waals surface area contributed by atoms with Crippen LogP contribution in [0.5, 0.6) is 5.75 Å². The first kappa shape index (κ1) is 15.8. The van der Waals surface area contributed by atoms with Gasteiger partial charge in [0.15, 0.2) is 11.5 Å².